The number of aromatic amines is 1. The Labute approximate surface area is 291 Å². The molecule has 0 saturated carbocycles. The molecule has 0 spiro atoms. The first kappa shape index (κ1) is 33.0. The van der Waals surface area contributed by atoms with Crippen LogP contribution >= 0.6 is 12.0 Å². The second-order valence-corrected chi connectivity index (χ2v) is 12.6. The van der Waals surface area contributed by atoms with E-state index in [0.29, 0.717) is 49.7 Å². The maximum absolute atomic E-state index is 14.5. The minimum atomic E-state index is -0.601. The van der Waals surface area contributed by atoms with Crippen molar-refractivity contribution in [1.82, 2.24) is 4.98 Å². The van der Waals surface area contributed by atoms with Crippen LogP contribution in [0.5, 0.6) is 11.5 Å². The molecule has 1 aliphatic carbocycles. The molecule has 0 bridgehead atoms. The minimum Gasteiger partial charge on any atom is -0.455 e. The molecule has 0 aliphatic heterocycles. The molecule has 0 saturated heterocycles. The van der Waals surface area contributed by atoms with Crippen LogP contribution in [0.25, 0.3) is 22.0 Å². The van der Waals surface area contributed by atoms with Crippen molar-refractivity contribution in [2.45, 2.75) is 37.5 Å². The molecule has 5 aromatic carbocycles. The molecule has 50 heavy (non-hydrogen) atoms. The molecule has 1 aromatic heterocycles. The van der Waals surface area contributed by atoms with E-state index in [9.17, 15) is 14.4 Å². The van der Waals surface area contributed by atoms with Crippen molar-refractivity contribution < 1.29 is 29.0 Å². The van der Waals surface area contributed by atoms with E-state index in [-0.39, 0.29) is 28.2 Å². The number of carbonyl (C=O) groups is 2. The smallest absolute Gasteiger partial charge is 0.260 e. The highest BCUT2D eigenvalue weighted by atomic mass is 32.2. The summed E-state index contributed by atoms with van der Waals surface area (Å²) in [7, 11) is 0. The van der Waals surface area contributed by atoms with Gasteiger partial charge in [-0.1, -0.05) is 104 Å². The number of unbranched alkanes of at least 4 members (excludes halogenated alkanes) is 2. The molecule has 3 N–H and O–H groups in total. The summed E-state index contributed by atoms with van der Waals surface area (Å²) >= 11 is 0.768. The molecule has 0 unspecified atom stereocenters. The van der Waals surface area contributed by atoms with Crippen molar-refractivity contribution in [2.24, 2.45) is 0 Å². The Morgan fingerprint density at radius 2 is 1.54 bits per heavy atom. The predicted molar refractivity (Wildman–Crippen MR) is 193 cm³/mol. The number of hydrogen-bond donors (Lipinski definition) is 3. The van der Waals surface area contributed by atoms with Crippen LogP contribution in [0, 0.1) is 0 Å². The van der Waals surface area contributed by atoms with Gasteiger partial charge >= 0.3 is 0 Å². The van der Waals surface area contributed by atoms with Crippen LogP contribution in [0.1, 0.15) is 63.6 Å². The SMILES string of the molecule is CCCCCc1ccc(Oc2cc(Nc3ccccc3SOOO)c3c4c(c(C(=O)c5ccccc5)c(=O)[nH]c24)-c2ccccc2C3=O)cc1. The van der Waals surface area contributed by atoms with Crippen molar-refractivity contribution in [2.75, 3.05) is 5.32 Å². The lowest BCUT2D eigenvalue weighted by Crippen LogP contribution is -2.24. The summed E-state index contributed by atoms with van der Waals surface area (Å²) in [5.74, 6) is 0.0358. The second kappa shape index (κ2) is 14.5. The van der Waals surface area contributed by atoms with Crippen LogP contribution in [0.3, 0.4) is 0 Å². The van der Waals surface area contributed by atoms with E-state index >= 15 is 0 Å². The molecule has 0 atom stereocenters. The molecule has 0 radical (unpaired) electrons. The summed E-state index contributed by atoms with van der Waals surface area (Å²) in [5.41, 5.74) is 3.47. The summed E-state index contributed by atoms with van der Waals surface area (Å²) in [6.45, 7) is 2.17. The third kappa shape index (κ3) is 6.33. The lowest BCUT2D eigenvalue weighted by Gasteiger charge is -2.26. The number of benzene rings is 5. The average molecular weight is 685 g/mol. The maximum Gasteiger partial charge on any atom is 0.260 e. The fourth-order valence-electron chi connectivity index (χ4n) is 6.39. The van der Waals surface area contributed by atoms with Gasteiger partial charge in [0.05, 0.1) is 45.0 Å². The quantitative estimate of drug-likeness (QED) is 0.0358. The lowest BCUT2D eigenvalue weighted by atomic mass is 9.80. The molecular weight excluding hydrogens is 653 g/mol. The number of aryl methyl sites for hydroxylation is 1. The summed E-state index contributed by atoms with van der Waals surface area (Å²) < 4.78 is 11.2. The predicted octanol–water partition coefficient (Wildman–Crippen LogP) is 9.67. The lowest BCUT2D eigenvalue weighted by molar-refractivity contribution is -0.432. The first-order chi connectivity index (χ1) is 24.5. The van der Waals surface area contributed by atoms with Crippen LogP contribution in [0.2, 0.25) is 0 Å². The van der Waals surface area contributed by atoms with Gasteiger partial charge in [0, 0.05) is 28.1 Å². The number of H-pyrrole nitrogens is 1. The topological polar surface area (TPSA) is 127 Å². The Morgan fingerprint density at radius 1 is 0.820 bits per heavy atom. The van der Waals surface area contributed by atoms with Crippen LogP contribution in [-0.2, 0) is 15.8 Å². The fraction of sp³-hybridized carbons (Fsp3) is 0.125. The number of rotatable bonds is 13. The Kier molecular flexibility index (Phi) is 9.59. The van der Waals surface area contributed by atoms with Crippen molar-refractivity contribution >= 4 is 45.9 Å². The Hall–Kier alpha value is -5.52. The van der Waals surface area contributed by atoms with Crippen molar-refractivity contribution in [3.05, 3.63) is 147 Å². The van der Waals surface area contributed by atoms with Crippen LogP contribution in [-0.4, -0.2) is 21.8 Å². The van der Waals surface area contributed by atoms with Crippen LogP contribution < -0.4 is 15.6 Å². The van der Waals surface area contributed by atoms with E-state index in [2.05, 4.69) is 22.3 Å². The van der Waals surface area contributed by atoms with Gasteiger partial charge in [-0.25, -0.2) is 5.26 Å². The van der Waals surface area contributed by atoms with Gasteiger partial charge < -0.3 is 15.0 Å². The van der Waals surface area contributed by atoms with Crippen molar-refractivity contribution in [3.8, 4) is 22.6 Å². The van der Waals surface area contributed by atoms with Gasteiger partial charge in [0.25, 0.3) is 5.56 Å². The molecule has 10 heteroatoms. The highest BCUT2D eigenvalue weighted by molar-refractivity contribution is 7.94. The highest BCUT2D eigenvalue weighted by Gasteiger charge is 2.35. The average Bonchev–Trinajstić information content (AvgIpc) is 3.15. The number of fused-ring (bicyclic) bond motifs is 2. The van der Waals surface area contributed by atoms with Gasteiger partial charge in [-0.05, 0) is 48.2 Å². The number of pyridine rings is 1. The van der Waals surface area contributed by atoms with Gasteiger partial charge in [-0.15, -0.1) is 4.33 Å². The van der Waals surface area contributed by atoms with E-state index < -0.39 is 11.3 Å². The molecule has 1 heterocycles. The molecular formula is C40H32N2O7S. The first-order valence-electron chi connectivity index (χ1n) is 16.3. The maximum atomic E-state index is 14.5. The monoisotopic (exact) mass is 684 g/mol. The summed E-state index contributed by atoms with van der Waals surface area (Å²) in [4.78, 5) is 46.1. The van der Waals surface area contributed by atoms with Crippen molar-refractivity contribution in [1.29, 1.82) is 0 Å². The molecule has 250 valence electrons. The third-order valence-corrected chi connectivity index (χ3v) is 9.38. The van der Waals surface area contributed by atoms with Gasteiger partial charge in [0.15, 0.2) is 17.3 Å². The number of para-hydroxylation sites is 1. The molecule has 0 amide bonds. The Bertz CT molecular complexity index is 2290. The number of ether oxygens (including phenoxy) is 1. The molecule has 7 rings (SSSR count). The van der Waals surface area contributed by atoms with Gasteiger partial charge in [-0.3, -0.25) is 14.4 Å². The molecule has 6 aromatic rings. The van der Waals surface area contributed by atoms with E-state index in [1.54, 1.807) is 84.9 Å². The van der Waals surface area contributed by atoms with E-state index in [1.165, 1.54) is 5.56 Å². The Morgan fingerprint density at radius 3 is 2.30 bits per heavy atom. The zero-order valence-electron chi connectivity index (χ0n) is 27.0. The van der Waals surface area contributed by atoms with Crippen LogP contribution in [0.4, 0.5) is 11.4 Å². The zero-order chi connectivity index (χ0) is 34.6. The van der Waals surface area contributed by atoms with Gasteiger partial charge in [0.1, 0.15) is 5.75 Å². The number of hydrogen-bond acceptors (Lipinski definition) is 9. The van der Waals surface area contributed by atoms with Crippen molar-refractivity contribution in [3.63, 3.8) is 0 Å². The number of nitrogens with one attached hydrogen (secondary N) is 2. The largest absolute Gasteiger partial charge is 0.455 e. The first-order valence-corrected chi connectivity index (χ1v) is 17.0. The van der Waals surface area contributed by atoms with E-state index in [0.717, 1.165) is 37.7 Å². The van der Waals surface area contributed by atoms with Crippen LogP contribution in [0.15, 0.2) is 119 Å². The van der Waals surface area contributed by atoms with E-state index in [4.69, 9.17) is 14.3 Å². The Balaban J connectivity index is 1.48. The third-order valence-electron chi connectivity index (χ3n) is 8.72. The molecule has 1 aliphatic rings. The molecule has 9 nitrogen and oxygen atoms in total. The summed E-state index contributed by atoms with van der Waals surface area (Å²) in [5, 5.41) is 16.4. The number of ketones is 2. The number of aromatic nitrogens is 1. The fourth-order valence-corrected chi connectivity index (χ4v) is 6.83. The number of anilines is 2. The summed E-state index contributed by atoms with van der Waals surface area (Å²) in [6.07, 6.45) is 4.34. The summed E-state index contributed by atoms with van der Waals surface area (Å²) in [6, 6.07) is 32.1. The normalized spacial score (nSPS) is 11.8. The minimum absolute atomic E-state index is 0.0751. The van der Waals surface area contributed by atoms with Gasteiger partial charge in [0.2, 0.25) is 0 Å². The van der Waals surface area contributed by atoms with E-state index in [1.807, 2.05) is 24.3 Å². The second-order valence-electron chi connectivity index (χ2n) is 11.9. The highest BCUT2D eigenvalue weighted by Crippen LogP contribution is 2.47. The van der Waals surface area contributed by atoms with Gasteiger partial charge in [-0.2, -0.15) is 0 Å². The zero-order valence-corrected chi connectivity index (χ0v) is 27.8. The molecule has 0 fully saturated rings. The number of carbonyl (C=O) groups excluding carboxylic acids is 2. The standard InChI is InChI=1S/C40H32N2O7S/c1-2-3-5-12-24-19-21-26(22-20-24)47-31-23-30(41-29-17-10-11-18-32(29)50-49-48-46)34-35-33(27-15-8-9-16-28(27)39(34)44)36(40(45)42-37(31)35)38(43)25-13-6-4-7-14-25/h4,6-11,13-23,41,46H,2-3,5,12H2,1H3,(H,42,45).